The topological polar surface area (TPSA) is 120 Å². The molecule has 10 nitrogen and oxygen atoms in total. The Bertz CT molecular complexity index is 1490. The van der Waals surface area contributed by atoms with Crippen LogP contribution in [0.15, 0.2) is 73.1 Å². The third kappa shape index (κ3) is 6.39. The Kier molecular flexibility index (Phi) is 8.20. The van der Waals surface area contributed by atoms with E-state index in [1.54, 1.807) is 6.08 Å². The summed E-state index contributed by atoms with van der Waals surface area (Å²) in [5, 5.41) is 8.94. The number of nitrogen functional groups attached to an aromatic ring is 1. The van der Waals surface area contributed by atoms with Gasteiger partial charge in [-0.15, -0.1) is 0 Å². The van der Waals surface area contributed by atoms with Crippen LogP contribution in [0.3, 0.4) is 0 Å². The van der Waals surface area contributed by atoms with E-state index in [0.29, 0.717) is 5.82 Å². The van der Waals surface area contributed by atoms with Gasteiger partial charge in [0.2, 0.25) is 5.91 Å². The van der Waals surface area contributed by atoms with Gasteiger partial charge in [0.25, 0.3) is 0 Å². The Hall–Kier alpha value is -4.28. The number of carbonyl (C=O) groups is 1. The van der Waals surface area contributed by atoms with E-state index in [0.717, 1.165) is 92.3 Å². The number of fused-ring (bicyclic) bond motifs is 1. The molecule has 0 radical (unpaired) electrons. The molecule has 2 aromatic heterocycles. The van der Waals surface area contributed by atoms with E-state index in [2.05, 4.69) is 20.2 Å². The van der Waals surface area contributed by atoms with Gasteiger partial charge < -0.3 is 20.5 Å². The first-order valence-corrected chi connectivity index (χ1v) is 14.2. The van der Waals surface area contributed by atoms with Crippen molar-refractivity contribution >= 4 is 22.8 Å². The SMILES string of the molecule is Nc1ncnc2c1c(-c1ccc(Oc3ccccc3)cc1)nn2C1CCC(NC(=O)/C=C/CN2CCOCC2)CC1. The standard InChI is InChI=1S/C31H35N7O3/c32-30-28-29(22-8-14-26(15-9-22)41-25-5-2-1-3-6-25)36-38(31(28)34-21-33-30)24-12-10-23(11-13-24)35-27(39)7-4-16-37-17-19-40-20-18-37/h1-9,14-15,21,23-24H,10-13,16-20H2,(H,35,39)(H2,32,33,34)/b7-4+. The van der Waals surface area contributed by atoms with Gasteiger partial charge in [-0.1, -0.05) is 24.3 Å². The molecule has 1 saturated carbocycles. The molecule has 3 N–H and O–H groups in total. The molecule has 212 valence electrons. The van der Waals surface area contributed by atoms with Crippen LogP contribution < -0.4 is 15.8 Å². The number of nitrogens with zero attached hydrogens (tertiary/aromatic N) is 5. The number of carbonyl (C=O) groups excluding carboxylic acids is 1. The number of benzene rings is 2. The molecule has 3 heterocycles. The summed E-state index contributed by atoms with van der Waals surface area (Å²) in [6, 6.07) is 17.8. The molecule has 10 heteroatoms. The first-order chi connectivity index (χ1) is 20.1. The molecule has 1 aliphatic heterocycles. The van der Waals surface area contributed by atoms with Crippen LogP contribution in [-0.2, 0) is 9.53 Å². The maximum absolute atomic E-state index is 12.5. The van der Waals surface area contributed by atoms with Crippen molar-refractivity contribution in [1.29, 1.82) is 0 Å². The zero-order chi connectivity index (χ0) is 28.0. The number of morpholine rings is 1. The van der Waals surface area contributed by atoms with E-state index >= 15 is 0 Å². The second-order valence-electron chi connectivity index (χ2n) is 10.5. The van der Waals surface area contributed by atoms with Gasteiger partial charge in [-0.25, -0.2) is 14.6 Å². The number of hydrogen-bond donors (Lipinski definition) is 2. The van der Waals surface area contributed by atoms with Gasteiger partial charge in [0.1, 0.15) is 29.3 Å². The highest BCUT2D eigenvalue weighted by Crippen LogP contribution is 2.36. The van der Waals surface area contributed by atoms with Crippen LogP contribution in [-0.4, -0.2) is 69.4 Å². The first-order valence-electron chi connectivity index (χ1n) is 14.2. The van der Waals surface area contributed by atoms with Crippen molar-refractivity contribution < 1.29 is 14.3 Å². The zero-order valence-electron chi connectivity index (χ0n) is 23.0. The van der Waals surface area contributed by atoms with Crippen molar-refractivity contribution in [2.45, 2.75) is 37.8 Å². The van der Waals surface area contributed by atoms with Crippen LogP contribution in [0.5, 0.6) is 11.5 Å². The van der Waals surface area contributed by atoms with Crippen molar-refractivity contribution in [3.05, 3.63) is 73.1 Å². The molecular formula is C31H35N7O3. The van der Waals surface area contributed by atoms with Gasteiger partial charge in [-0.05, 0) is 62.1 Å². The minimum Gasteiger partial charge on any atom is -0.457 e. The molecule has 0 spiro atoms. The fraction of sp³-hybridized carbons (Fsp3) is 0.355. The molecular weight excluding hydrogens is 518 g/mol. The van der Waals surface area contributed by atoms with Gasteiger partial charge in [0.15, 0.2) is 5.65 Å². The Labute approximate surface area is 239 Å². The van der Waals surface area contributed by atoms with Crippen molar-refractivity contribution in [3.8, 4) is 22.8 Å². The van der Waals surface area contributed by atoms with Gasteiger partial charge in [-0.2, -0.15) is 5.10 Å². The second-order valence-corrected chi connectivity index (χ2v) is 10.5. The molecule has 1 aliphatic carbocycles. The van der Waals surface area contributed by atoms with Crippen molar-refractivity contribution in [3.63, 3.8) is 0 Å². The monoisotopic (exact) mass is 553 g/mol. The van der Waals surface area contributed by atoms with E-state index in [1.807, 2.05) is 65.4 Å². The van der Waals surface area contributed by atoms with Crippen LogP contribution in [0.2, 0.25) is 0 Å². The molecule has 0 unspecified atom stereocenters. The number of aromatic nitrogens is 4. The van der Waals surface area contributed by atoms with E-state index in [-0.39, 0.29) is 18.0 Å². The van der Waals surface area contributed by atoms with Crippen LogP contribution in [0, 0.1) is 0 Å². The average Bonchev–Trinajstić information content (AvgIpc) is 3.40. The Morgan fingerprint density at radius 3 is 2.49 bits per heavy atom. The lowest BCUT2D eigenvalue weighted by Crippen LogP contribution is -2.38. The summed E-state index contributed by atoms with van der Waals surface area (Å²) in [4.78, 5) is 23.6. The largest absolute Gasteiger partial charge is 0.457 e. The normalized spacial score (nSPS) is 19.9. The molecule has 1 amide bonds. The number of hydrogen-bond acceptors (Lipinski definition) is 8. The minimum absolute atomic E-state index is 0.0336. The second kappa shape index (κ2) is 12.5. The summed E-state index contributed by atoms with van der Waals surface area (Å²) in [5.74, 6) is 1.90. The molecule has 41 heavy (non-hydrogen) atoms. The molecule has 6 rings (SSSR count). The van der Waals surface area contributed by atoms with Crippen LogP contribution in [0.25, 0.3) is 22.3 Å². The lowest BCUT2D eigenvalue weighted by atomic mass is 9.91. The Morgan fingerprint density at radius 2 is 1.73 bits per heavy atom. The van der Waals surface area contributed by atoms with Gasteiger partial charge in [0, 0.05) is 37.3 Å². The number of rotatable bonds is 8. The summed E-state index contributed by atoms with van der Waals surface area (Å²) in [6.07, 6.45) is 8.59. The highest BCUT2D eigenvalue weighted by Gasteiger charge is 2.27. The molecule has 2 fully saturated rings. The summed E-state index contributed by atoms with van der Waals surface area (Å²) >= 11 is 0. The smallest absolute Gasteiger partial charge is 0.243 e. The van der Waals surface area contributed by atoms with Gasteiger partial charge >= 0.3 is 0 Å². The highest BCUT2D eigenvalue weighted by molar-refractivity contribution is 5.98. The maximum atomic E-state index is 12.5. The predicted octanol–water partition coefficient (Wildman–Crippen LogP) is 4.36. The third-order valence-electron chi connectivity index (χ3n) is 7.75. The third-order valence-corrected chi connectivity index (χ3v) is 7.75. The fourth-order valence-electron chi connectivity index (χ4n) is 5.56. The fourth-order valence-corrected chi connectivity index (χ4v) is 5.56. The zero-order valence-corrected chi connectivity index (χ0v) is 23.0. The quantitative estimate of drug-likeness (QED) is 0.309. The van der Waals surface area contributed by atoms with Crippen LogP contribution in [0.1, 0.15) is 31.7 Å². The van der Waals surface area contributed by atoms with Crippen LogP contribution >= 0.6 is 0 Å². The predicted molar refractivity (Wildman–Crippen MR) is 158 cm³/mol. The average molecular weight is 554 g/mol. The Morgan fingerprint density at radius 1 is 1.00 bits per heavy atom. The van der Waals surface area contributed by atoms with E-state index in [4.69, 9.17) is 20.3 Å². The summed E-state index contributed by atoms with van der Waals surface area (Å²) in [7, 11) is 0. The number of nitrogens with two attached hydrogens (primary N) is 1. The molecule has 2 aliphatic rings. The number of amides is 1. The number of nitrogens with one attached hydrogen (secondary N) is 1. The van der Waals surface area contributed by atoms with Gasteiger partial charge in [0.05, 0.1) is 24.6 Å². The number of para-hydroxylation sites is 1. The molecule has 0 bridgehead atoms. The lowest BCUT2D eigenvalue weighted by Gasteiger charge is -2.29. The van der Waals surface area contributed by atoms with Crippen LogP contribution in [0.4, 0.5) is 5.82 Å². The highest BCUT2D eigenvalue weighted by atomic mass is 16.5. The number of ether oxygens (including phenoxy) is 2. The van der Waals surface area contributed by atoms with Crippen molar-refractivity contribution in [1.82, 2.24) is 30.0 Å². The molecule has 0 atom stereocenters. The maximum Gasteiger partial charge on any atom is 0.243 e. The van der Waals surface area contributed by atoms with E-state index < -0.39 is 0 Å². The first kappa shape index (κ1) is 26.9. The Balaban J connectivity index is 1.11. The summed E-state index contributed by atoms with van der Waals surface area (Å²) < 4.78 is 13.3. The van der Waals surface area contributed by atoms with Gasteiger partial charge in [-0.3, -0.25) is 9.69 Å². The lowest BCUT2D eigenvalue weighted by molar-refractivity contribution is -0.117. The molecule has 2 aromatic carbocycles. The molecule has 4 aromatic rings. The number of anilines is 1. The summed E-state index contributed by atoms with van der Waals surface area (Å²) in [6.45, 7) is 4.09. The molecule has 1 saturated heterocycles. The minimum atomic E-state index is -0.0336. The van der Waals surface area contributed by atoms with E-state index in [9.17, 15) is 4.79 Å². The van der Waals surface area contributed by atoms with E-state index in [1.165, 1.54) is 6.33 Å². The van der Waals surface area contributed by atoms with Crippen molar-refractivity contribution in [2.75, 3.05) is 38.6 Å². The summed E-state index contributed by atoms with van der Waals surface area (Å²) in [5.41, 5.74) is 8.75. The van der Waals surface area contributed by atoms with Crippen molar-refractivity contribution in [2.24, 2.45) is 0 Å².